The molecule has 0 spiro atoms. The maximum atomic E-state index is 13.4. The van der Waals surface area contributed by atoms with E-state index in [9.17, 15) is 31.4 Å². The molecule has 1 aliphatic heterocycles. The molecule has 11 heteroatoms. The molecule has 0 amide bonds. The van der Waals surface area contributed by atoms with Crippen LogP contribution in [0.4, 0.5) is 26.3 Å². The van der Waals surface area contributed by atoms with Crippen molar-refractivity contribution in [3.8, 4) is 17.9 Å². The Balaban J connectivity index is 1.86. The molecule has 33 heavy (non-hydrogen) atoms. The first-order valence-corrected chi connectivity index (χ1v) is 9.69. The molecule has 0 aromatic heterocycles. The van der Waals surface area contributed by atoms with Gasteiger partial charge in [0.25, 0.3) is 0 Å². The van der Waals surface area contributed by atoms with Gasteiger partial charge in [-0.05, 0) is 48.4 Å². The molecule has 3 rings (SSSR count). The summed E-state index contributed by atoms with van der Waals surface area (Å²) in [5.41, 5.74) is -1.59. The minimum Gasteiger partial charge on any atom is -0.492 e. The van der Waals surface area contributed by atoms with E-state index in [1.165, 1.54) is 36.4 Å². The van der Waals surface area contributed by atoms with E-state index in [0.717, 1.165) is 6.07 Å². The van der Waals surface area contributed by atoms with Crippen molar-refractivity contribution in [3.05, 3.63) is 64.7 Å². The van der Waals surface area contributed by atoms with E-state index in [2.05, 4.69) is 5.32 Å². The molecule has 5 nitrogen and oxygen atoms in total. The number of benzene rings is 2. The first-order chi connectivity index (χ1) is 15.4. The Bertz CT molecular complexity index is 1070. The summed E-state index contributed by atoms with van der Waals surface area (Å²) in [4.78, 5) is 0. The molecule has 4 atom stereocenters. The standard InChI is InChI=1S/C22H17F6N3O2/c23-21(24,25)18-7-13(3-4-14(18)10-30)17-8-15(31-19(17)20(32)22(26,27)28)11-33-16-5-1-12(9-29)2-6-16/h1-7,15,17,19-20,31-32H,8,11H2/t15?,17?,19?,20-/m0/s1. The molecule has 3 unspecified atom stereocenters. The van der Waals surface area contributed by atoms with Crippen LogP contribution >= 0.6 is 0 Å². The number of aliphatic hydroxyl groups is 1. The van der Waals surface area contributed by atoms with Crippen LogP contribution in [0.1, 0.15) is 34.6 Å². The van der Waals surface area contributed by atoms with Gasteiger partial charge in [-0.3, -0.25) is 0 Å². The Morgan fingerprint density at radius 3 is 2.24 bits per heavy atom. The first kappa shape index (κ1) is 24.4. The van der Waals surface area contributed by atoms with Gasteiger partial charge in [-0.25, -0.2) is 0 Å². The van der Waals surface area contributed by atoms with E-state index in [1.807, 2.05) is 6.07 Å². The molecule has 1 saturated heterocycles. The Morgan fingerprint density at radius 1 is 1.03 bits per heavy atom. The molecular formula is C22H17F6N3O2. The Labute approximate surface area is 184 Å². The third-order valence-electron chi connectivity index (χ3n) is 5.41. The van der Waals surface area contributed by atoms with Crippen LogP contribution in [-0.2, 0) is 6.18 Å². The van der Waals surface area contributed by atoms with Gasteiger partial charge in [0, 0.05) is 18.0 Å². The van der Waals surface area contributed by atoms with Crippen LogP contribution in [0.15, 0.2) is 42.5 Å². The number of nitrogens with one attached hydrogen (secondary N) is 1. The van der Waals surface area contributed by atoms with Crippen LogP contribution in [0.3, 0.4) is 0 Å². The maximum absolute atomic E-state index is 13.4. The fourth-order valence-electron chi connectivity index (χ4n) is 3.83. The Morgan fingerprint density at radius 2 is 1.70 bits per heavy atom. The van der Waals surface area contributed by atoms with Crippen molar-refractivity contribution in [2.45, 2.75) is 42.9 Å². The zero-order valence-electron chi connectivity index (χ0n) is 16.8. The summed E-state index contributed by atoms with van der Waals surface area (Å²) in [6.07, 6.45) is -12.7. The smallest absolute Gasteiger partial charge is 0.417 e. The SMILES string of the molecule is N#Cc1ccc(OCC2CC(c3ccc(C#N)c(C(F)(F)F)c3)C([C@H](O)C(F)(F)F)N2)cc1. The third kappa shape index (κ3) is 5.56. The van der Waals surface area contributed by atoms with Crippen LogP contribution in [-0.4, -0.2) is 36.1 Å². The summed E-state index contributed by atoms with van der Waals surface area (Å²) in [5, 5.41) is 30.3. The maximum Gasteiger partial charge on any atom is 0.417 e. The summed E-state index contributed by atoms with van der Waals surface area (Å²) in [6.45, 7) is -0.119. The van der Waals surface area contributed by atoms with Gasteiger partial charge in [0.05, 0.1) is 28.8 Å². The lowest BCUT2D eigenvalue weighted by molar-refractivity contribution is -0.212. The van der Waals surface area contributed by atoms with Crippen molar-refractivity contribution in [1.82, 2.24) is 5.32 Å². The normalized spacial score (nSPS) is 21.8. The molecule has 2 aromatic rings. The van der Waals surface area contributed by atoms with Crippen molar-refractivity contribution in [1.29, 1.82) is 10.5 Å². The highest BCUT2D eigenvalue weighted by molar-refractivity contribution is 5.44. The minimum atomic E-state index is -5.00. The largest absolute Gasteiger partial charge is 0.492 e. The van der Waals surface area contributed by atoms with E-state index in [4.69, 9.17) is 15.3 Å². The molecule has 1 heterocycles. The van der Waals surface area contributed by atoms with Gasteiger partial charge in [0.1, 0.15) is 12.4 Å². The minimum absolute atomic E-state index is 0.0444. The lowest BCUT2D eigenvalue weighted by Gasteiger charge is -2.27. The number of aliphatic hydroxyl groups excluding tert-OH is 1. The second kappa shape index (κ2) is 9.30. The molecule has 0 radical (unpaired) electrons. The molecule has 2 N–H and O–H groups in total. The van der Waals surface area contributed by atoms with Crippen molar-refractivity contribution in [2.24, 2.45) is 0 Å². The first-order valence-electron chi connectivity index (χ1n) is 9.69. The lowest BCUT2D eigenvalue weighted by Crippen LogP contribution is -2.49. The molecule has 1 aliphatic rings. The van der Waals surface area contributed by atoms with Crippen LogP contribution in [0.2, 0.25) is 0 Å². The van der Waals surface area contributed by atoms with Gasteiger partial charge in [0.2, 0.25) is 0 Å². The predicted molar refractivity (Wildman–Crippen MR) is 103 cm³/mol. The van der Waals surface area contributed by atoms with Gasteiger partial charge in [0.15, 0.2) is 6.10 Å². The highest BCUT2D eigenvalue weighted by Crippen LogP contribution is 2.40. The summed E-state index contributed by atoms with van der Waals surface area (Å²) in [7, 11) is 0. The number of halogens is 6. The van der Waals surface area contributed by atoms with E-state index >= 15 is 0 Å². The lowest BCUT2D eigenvalue weighted by atomic mass is 9.86. The topological polar surface area (TPSA) is 89.1 Å². The fraction of sp³-hybridized carbons (Fsp3) is 0.364. The highest BCUT2D eigenvalue weighted by atomic mass is 19.4. The molecule has 1 fully saturated rings. The van der Waals surface area contributed by atoms with Crippen molar-refractivity contribution in [3.63, 3.8) is 0 Å². The van der Waals surface area contributed by atoms with Gasteiger partial charge >= 0.3 is 12.4 Å². The monoisotopic (exact) mass is 469 g/mol. The molecule has 0 aliphatic carbocycles. The number of alkyl halides is 6. The second-order valence-corrected chi connectivity index (χ2v) is 7.58. The number of nitrogens with zero attached hydrogens (tertiary/aromatic N) is 2. The highest BCUT2D eigenvalue weighted by Gasteiger charge is 2.50. The quantitative estimate of drug-likeness (QED) is 0.639. The van der Waals surface area contributed by atoms with E-state index in [1.54, 1.807) is 0 Å². The number of hydrogen-bond acceptors (Lipinski definition) is 5. The van der Waals surface area contributed by atoms with Crippen molar-refractivity contribution >= 4 is 0 Å². The summed E-state index contributed by atoms with van der Waals surface area (Å²) in [5.74, 6) is -0.769. The number of ether oxygens (including phenoxy) is 1. The number of rotatable bonds is 5. The van der Waals surface area contributed by atoms with Crippen LogP contribution in [0.5, 0.6) is 5.75 Å². The zero-order valence-corrected chi connectivity index (χ0v) is 16.8. The van der Waals surface area contributed by atoms with Gasteiger partial charge in [-0.1, -0.05) is 6.07 Å². The van der Waals surface area contributed by atoms with Crippen molar-refractivity contribution < 1.29 is 36.2 Å². The molecular weight excluding hydrogens is 452 g/mol. The molecule has 0 saturated carbocycles. The van der Waals surface area contributed by atoms with Gasteiger partial charge < -0.3 is 15.2 Å². The van der Waals surface area contributed by atoms with E-state index in [0.29, 0.717) is 17.4 Å². The van der Waals surface area contributed by atoms with Gasteiger partial charge in [-0.2, -0.15) is 36.9 Å². The van der Waals surface area contributed by atoms with Gasteiger partial charge in [-0.15, -0.1) is 0 Å². The fourth-order valence-corrected chi connectivity index (χ4v) is 3.83. The second-order valence-electron chi connectivity index (χ2n) is 7.58. The zero-order chi connectivity index (χ0) is 24.4. The van der Waals surface area contributed by atoms with E-state index < -0.39 is 47.6 Å². The predicted octanol–water partition coefficient (Wildman–Crippen LogP) is 4.27. The average molecular weight is 469 g/mol. The third-order valence-corrected chi connectivity index (χ3v) is 5.41. The summed E-state index contributed by atoms with van der Waals surface area (Å²) >= 11 is 0. The number of nitriles is 2. The summed E-state index contributed by atoms with van der Waals surface area (Å²) in [6, 6.07) is 9.76. The number of hydrogen-bond donors (Lipinski definition) is 2. The van der Waals surface area contributed by atoms with Crippen molar-refractivity contribution in [2.75, 3.05) is 6.61 Å². The Hall–Kier alpha value is -3.28. The molecule has 0 bridgehead atoms. The van der Waals surface area contributed by atoms with Crippen LogP contribution in [0.25, 0.3) is 0 Å². The molecule has 174 valence electrons. The van der Waals surface area contributed by atoms with E-state index in [-0.39, 0.29) is 18.6 Å². The van der Waals surface area contributed by atoms with Crippen LogP contribution < -0.4 is 10.1 Å². The average Bonchev–Trinajstić information content (AvgIpc) is 3.19. The Kier molecular flexibility index (Phi) is 6.86. The molecule has 2 aromatic carbocycles. The summed E-state index contributed by atoms with van der Waals surface area (Å²) < 4.78 is 85.4. The van der Waals surface area contributed by atoms with Crippen LogP contribution in [0, 0.1) is 22.7 Å².